The van der Waals surface area contributed by atoms with Crippen molar-refractivity contribution in [2.45, 2.75) is 13.5 Å². The molecule has 1 heterocycles. The van der Waals surface area contributed by atoms with Gasteiger partial charge in [0.15, 0.2) is 0 Å². The summed E-state index contributed by atoms with van der Waals surface area (Å²) in [7, 11) is 0. The first kappa shape index (κ1) is 13.4. The third kappa shape index (κ3) is 2.97. The molecule has 0 saturated heterocycles. The summed E-state index contributed by atoms with van der Waals surface area (Å²) in [6.45, 7) is 3.88. The second kappa shape index (κ2) is 5.83. The zero-order valence-electron chi connectivity index (χ0n) is 12.2. The van der Waals surface area contributed by atoms with Gasteiger partial charge in [-0.2, -0.15) is 0 Å². The van der Waals surface area contributed by atoms with Crippen LogP contribution in [0.4, 0.5) is 11.4 Å². The van der Waals surface area contributed by atoms with Crippen molar-refractivity contribution in [3.8, 4) is 0 Å². The molecule has 3 heteroatoms. The van der Waals surface area contributed by atoms with Gasteiger partial charge in [0.2, 0.25) is 0 Å². The van der Waals surface area contributed by atoms with Crippen LogP contribution >= 0.6 is 0 Å². The molecule has 0 radical (unpaired) electrons. The normalized spacial score (nSPS) is 10.7. The number of rotatable bonds is 4. The maximum atomic E-state index is 5.75. The number of hydrogen-bond acceptors (Lipinski definition) is 3. The number of pyridine rings is 1. The molecule has 3 nitrogen and oxygen atoms in total. The van der Waals surface area contributed by atoms with Crippen molar-refractivity contribution >= 4 is 22.3 Å². The molecule has 0 spiro atoms. The van der Waals surface area contributed by atoms with Gasteiger partial charge in [-0.3, -0.25) is 4.98 Å². The first-order valence-corrected chi connectivity index (χ1v) is 7.21. The van der Waals surface area contributed by atoms with Crippen LogP contribution in [0.2, 0.25) is 0 Å². The zero-order valence-corrected chi connectivity index (χ0v) is 12.2. The molecule has 0 aliphatic heterocycles. The molecule has 0 atom stereocenters. The van der Waals surface area contributed by atoms with E-state index in [2.05, 4.69) is 48.2 Å². The molecule has 0 bridgehead atoms. The Bertz CT molecular complexity index is 735. The lowest BCUT2D eigenvalue weighted by atomic mass is 10.2. The Morgan fingerprint density at radius 2 is 1.71 bits per heavy atom. The van der Waals surface area contributed by atoms with E-state index < -0.39 is 0 Å². The van der Waals surface area contributed by atoms with Crippen molar-refractivity contribution in [3.63, 3.8) is 0 Å². The van der Waals surface area contributed by atoms with Gasteiger partial charge in [0.05, 0.1) is 17.8 Å². The van der Waals surface area contributed by atoms with Crippen LogP contribution in [-0.2, 0) is 6.54 Å². The topological polar surface area (TPSA) is 42.2 Å². The monoisotopic (exact) mass is 277 g/mol. The molecule has 2 aromatic carbocycles. The van der Waals surface area contributed by atoms with Crippen LogP contribution in [0.15, 0.2) is 60.7 Å². The van der Waals surface area contributed by atoms with Crippen molar-refractivity contribution in [1.29, 1.82) is 0 Å². The lowest BCUT2D eigenvalue weighted by Crippen LogP contribution is -2.22. The number of aromatic nitrogens is 1. The minimum atomic E-state index is 0.790. The van der Waals surface area contributed by atoms with E-state index in [0.717, 1.165) is 30.0 Å². The lowest BCUT2D eigenvalue weighted by molar-refractivity contribution is 0.814. The smallest absolute Gasteiger partial charge is 0.0706 e. The van der Waals surface area contributed by atoms with Crippen LogP contribution in [0.5, 0.6) is 0 Å². The number of nitrogens with zero attached hydrogens (tertiary/aromatic N) is 2. The fourth-order valence-electron chi connectivity index (χ4n) is 2.46. The molecule has 0 fully saturated rings. The van der Waals surface area contributed by atoms with E-state index in [1.165, 1.54) is 11.1 Å². The van der Waals surface area contributed by atoms with E-state index in [1.54, 1.807) is 0 Å². The van der Waals surface area contributed by atoms with Crippen molar-refractivity contribution in [2.75, 3.05) is 17.2 Å². The molecule has 3 rings (SSSR count). The molecule has 0 aliphatic rings. The fourth-order valence-corrected chi connectivity index (χ4v) is 2.46. The summed E-state index contributed by atoms with van der Waals surface area (Å²) >= 11 is 0. The van der Waals surface area contributed by atoms with Gasteiger partial charge in [-0.25, -0.2) is 0 Å². The quantitative estimate of drug-likeness (QED) is 0.737. The summed E-state index contributed by atoms with van der Waals surface area (Å²) in [5, 5.41) is 1.18. The third-order valence-corrected chi connectivity index (χ3v) is 3.65. The summed E-state index contributed by atoms with van der Waals surface area (Å²) in [5.74, 6) is 0. The molecular formula is C18H19N3. The first-order valence-electron chi connectivity index (χ1n) is 7.21. The van der Waals surface area contributed by atoms with Crippen LogP contribution in [0.3, 0.4) is 0 Å². The molecule has 1 aromatic heterocycles. The highest BCUT2D eigenvalue weighted by molar-refractivity contribution is 5.78. The number of nitrogen functional groups attached to an aromatic ring is 1. The highest BCUT2D eigenvalue weighted by atomic mass is 15.1. The second-order valence-corrected chi connectivity index (χ2v) is 5.10. The van der Waals surface area contributed by atoms with Gasteiger partial charge in [-0.15, -0.1) is 0 Å². The maximum absolute atomic E-state index is 5.75. The lowest BCUT2D eigenvalue weighted by Gasteiger charge is -2.23. The Morgan fingerprint density at radius 1 is 0.952 bits per heavy atom. The summed E-state index contributed by atoms with van der Waals surface area (Å²) in [6, 6.07) is 20.4. The summed E-state index contributed by atoms with van der Waals surface area (Å²) in [5.41, 5.74) is 9.83. The molecule has 106 valence electrons. The summed E-state index contributed by atoms with van der Waals surface area (Å²) in [4.78, 5) is 7.03. The molecule has 0 unspecified atom stereocenters. The Balaban J connectivity index is 1.86. The van der Waals surface area contributed by atoms with Crippen molar-refractivity contribution in [2.24, 2.45) is 0 Å². The van der Waals surface area contributed by atoms with Gasteiger partial charge in [0.1, 0.15) is 0 Å². The Kier molecular flexibility index (Phi) is 3.73. The molecule has 3 aromatic rings. The number of para-hydroxylation sites is 1. The standard InChI is InChI=1S/C18H19N3/c1-2-21(17-11-8-15(19)9-12-17)13-16-10-7-14-5-3-4-6-18(14)20-16/h3-12H,2,13,19H2,1H3. The van der Waals surface area contributed by atoms with Crippen molar-refractivity contribution < 1.29 is 0 Å². The van der Waals surface area contributed by atoms with Crippen LogP contribution in [0.25, 0.3) is 10.9 Å². The van der Waals surface area contributed by atoms with Gasteiger partial charge < -0.3 is 10.6 Å². The highest BCUT2D eigenvalue weighted by Gasteiger charge is 2.06. The Labute approximate surface area is 125 Å². The largest absolute Gasteiger partial charge is 0.399 e. The van der Waals surface area contributed by atoms with Gasteiger partial charge in [0.25, 0.3) is 0 Å². The van der Waals surface area contributed by atoms with E-state index >= 15 is 0 Å². The molecule has 0 aliphatic carbocycles. The number of benzene rings is 2. The second-order valence-electron chi connectivity index (χ2n) is 5.10. The average Bonchev–Trinajstić information content (AvgIpc) is 2.53. The van der Waals surface area contributed by atoms with E-state index in [1.807, 2.05) is 24.3 Å². The van der Waals surface area contributed by atoms with Gasteiger partial charge >= 0.3 is 0 Å². The van der Waals surface area contributed by atoms with E-state index in [9.17, 15) is 0 Å². The summed E-state index contributed by atoms with van der Waals surface area (Å²) in [6.07, 6.45) is 0. The van der Waals surface area contributed by atoms with Crippen LogP contribution in [0, 0.1) is 0 Å². The zero-order chi connectivity index (χ0) is 14.7. The third-order valence-electron chi connectivity index (χ3n) is 3.65. The molecule has 0 saturated carbocycles. The maximum Gasteiger partial charge on any atom is 0.0706 e. The van der Waals surface area contributed by atoms with E-state index in [-0.39, 0.29) is 0 Å². The molecular weight excluding hydrogens is 258 g/mol. The van der Waals surface area contributed by atoms with E-state index in [4.69, 9.17) is 10.7 Å². The summed E-state index contributed by atoms with van der Waals surface area (Å²) < 4.78 is 0. The molecule has 21 heavy (non-hydrogen) atoms. The number of fused-ring (bicyclic) bond motifs is 1. The molecule has 0 amide bonds. The van der Waals surface area contributed by atoms with Gasteiger partial charge in [-0.05, 0) is 43.3 Å². The van der Waals surface area contributed by atoms with E-state index in [0.29, 0.717) is 0 Å². The molecule has 2 N–H and O–H groups in total. The Morgan fingerprint density at radius 3 is 2.48 bits per heavy atom. The van der Waals surface area contributed by atoms with Crippen molar-refractivity contribution in [3.05, 3.63) is 66.4 Å². The SMILES string of the molecule is CCN(Cc1ccc2ccccc2n1)c1ccc(N)cc1. The average molecular weight is 277 g/mol. The minimum Gasteiger partial charge on any atom is -0.399 e. The first-order chi connectivity index (χ1) is 10.3. The number of hydrogen-bond donors (Lipinski definition) is 1. The number of anilines is 2. The predicted molar refractivity (Wildman–Crippen MR) is 89.3 cm³/mol. The van der Waals surface area contributed by atoms with Crippen LogP contribution < -0.4 is 10.6 Å². The minimum absolute atomic E-state index is 0.790. The van der Waals surface area contributed by atoms with Gasteiger partial charge in [-0.1, -0.05) is 24.3 Å². The van der Waals surface area contributed by atoms with Crippen LogP contribution in [0.1, 0.15) is 12.6 Å². The Hall–Kier alpha value is -2.55. The number of nitrogens with two attached hydrogens (primary N) is 1. The van der Waals surface area contributed by atoms with Crippen molar-refractivity contribution in [1.82, 2.24) is 4.98 Å². The highest BCUT2D eigenvalue weighted by Crippen LogP contribution is 2.19. The van der Waals surface area contributed by atoms with Gasteiger partial charge in [0, 0.05) is 23.3 Å². The fraction of sp³-hybridized carbons (Fsp3) is 0.167. The van der Waals surface area contributed by atoms with Crippen LogP contribution in [-0.4, -0.2) is 11.5 Å². The predicted octanol–water partition coefficient (Wildman–Crippen LogP) is 3.84.